The van der Waals surface area contributed by atoms with E-state index in [9.17, 15) is 0 Å². The van der Waals surface area contributed by atoms with Crippen molar-refractivity contribution in [1.82, 2.24) is 15.0 Å². The first kappa shape index (κ1) is 8.75. The van der Waals surface area contributed by atoms with E-state index in [0.29, 0.717) is 5.13 Å². The van der Waals surface area contributed by atoms with Gasteiger partial charge in [0.25, 0.3) is 0 Å². The average Bonchev–Trinajstić information content (AvgIpc) is 2.82. The van der Waals surface area contributed by atoms with Crippen molar-refractivity contribution < 1.29 is 0 Å². The summed E-state index contributed by atoms with van der Waals surface area (Å²) >= 11 is 3.03. The number of fused-ring (bicyclic) bond motifs is 1. The van der Waals surface area contributed by atoms with Gasteiger partial charge in [0.05, 0.1) is 10.9 Å². The van der Waals surface area contributed by atoms with Crippen LogP contribution in [0.15, 0.2) is 23.8 Å². The SMILES string of the molecule is Nc1nc(-c2nc3cnccc3s2)cs1. The monoisotopic (exact) mass is 234 g/mol. The molecule has 3 aromatic heterocycles. The Balaban J connectivity index is 2.19. The smallest absolute Gasteiger partial charge is 0.180 e. The fourth-order valence-electron chi connectivity index (χ4n) is 1.28. The summed E-state index contributed by atoms with van der Waals surface area (Å²) in [6.07, 6.45) is 3.52. The molecule has 15 heavy (non-hydrogen) atoms. The van der Waals surface area contributed by atoms with E-state index >= 15 is 0 Å². The van der Waals surface area contributed by atoms with E-state index < -0.39 is 0 Å². The molecular weight excluding hydrogens is 228 g/mol. The summed E-state index contributed by atoms with van der Waals surface area (Å²) in [6, 6.07) is 1.95. The van der Waals surface area contributed by atoms with E-state index in [-0.39, 0.29) is 0 Å². The lowest BCUT2D eigenvalue weighted by atomic mass is 10.4. The van der Waals surface area contributed by atoms with Crippen molar-refractivity contribution in [2.75, 3.05) is 5.73 Å². The van der Waals surface area contributed by atoms with Crippen molar-refractivity contribution in [2.24, 2.45) is 0 Å². The van der Waals surface area contributed by atoms with E-state index in [1.54, 1.807) is 23.7 Å². The highest BCUT2D eigenvalue weighted by Crippen LogP contribution is 2.30. The molecule has 74 valence electrons. The maximum Gasteiger partial charge on any atom is 0.180 e. The molecule has 0 fully saturated rings. The molecule has 3 heterocycles. The average molecular weight is 234 g/mol. The second-order valence-electron chi connectivity index (χ2n) is 2.93. The number of hydrogen-bond donors (Lipinski definition) is 1. The molecule has 0 aliphatic carbocycles. The lowest BCUT2D eigenvalue weighted by Crippen LogP contribution is -1.81. The van der Waals surface area contributed by atoms with E-state index in [4.69, 9.17) is 5.73 Å². The minimum absolute atomic E-state index is 0.572. The molecular formula is C9H6N4S2. The Bertz CT molecular complexity index is 580. The van der Waals surface area contributed by atoms with Gasteiger partial charge in [0, 0.05) is 11.6 Å². The zero-order chi connectivity index (χ0) is 10.3. The van der Waals surface area contributed by atoms with E-state index in [0.717, 1.165) is 20.9 Å². The Morgan fingerprint density at radius 3 is 2.93 bits per heavy atom. The lowest BCUT2D eigenvalue weighted by molar-refractivity contribution is 1.33. The van der Waals surface area contributed by atoms with Crippen LogP contribution in [0.5, 0.6) is 0 Å². The molecule has 0 aliphatic heterocycles. The lowest BCUT2D eigenvalue weighted by Gasteiger charge is -1.84. The maximum atomic E-state index is 5.58. The standard InChI is InChI=1S/C9H6N4S2/c10-9-13-6(4-14-9)8-12-5-3-11-2-1-7(5)15-8/h1-4H,(H2,10,13). The minimum Gasteiger partial charge on any atom is -0.375 e. The van der Waals surface area contributed by atoms with Crippen LogP contribution in [0.25, 0.3) is 20.9 Å². The Hall–Kier alpha value is -1.53. The first-order valence-corrected chi connectivity index (χ1v) is 5.94. The topological polar surface area (TPSA) is 64.7 Å². The van der Waals surface area contributed by atoms with Gasteiger partial charge < -0.3 is 5.73 Å². The van der Waals surface area contributed by atoms with Crippen LogP contribution in [0.4, 0.5) is 5.13 Å². The fourth-order valence-corrected chi connectivity index (χ4v) is 2.79. The van der Waals surface area contributed by atoms with Gasteiger partial charge in [-0.2, -0.15) is 0 Å². The highest BCUT2D eigenvalue weighted by atomic mass is 32.1. The van der Waals surface area contributed by atoms with Crippen molar-refractivity contribution in [3.05, 3.63) is 23.8 Å². The molecule has 0 aliphatic rings. The summed E-state index contributed by atoms with van der Waals surface area (Å²) in [5.41, 5.74) is 7.33. The van der Waals surface area contributed by atoms with Crippen LogP contribution in [0.2, 0.25) is 0 Å². The zero-order valence-electron chi connectivity index (χ0n) is 7.54. The van der Waals surface area contributed by atoms with Crippen molar-refractivity contribution >= 4 is 38.0 Å². The number of rotatable bonds is 1. The third-order valence-electron chi connectivity index (χ3n) is 1.93. The van der Waals surface area contributed by atoms with Gasteiger partial charge in [-0.05, 0) is 6.07 Å². The first-order valence-electron chi connectivity index (χ1n) is 4.25. The minimum atomic E-state index is 0.572. The quantitative estimate of drug-likeness (QED) is 0.702. The highest BCUT2D eigenvalue weighted by Gasteiger charge is 2.08. The van der Waals surface area contributed by atoms with Crippen molar-refractivity contribution in [2.45, 2.75) is 0 Å². The number of nitrogens with two attached hydrogens (primary N) is 1. The zero-order valence-corrected chi connectivity index (χ0v) is 9.18. The van der Waals surface area contributed by atoms with Gasteiger partial charge >= 0.3 is 0 Å². The molecule has 0 amide bonds. The molecule has 0 saturated carbocycles. The second kappa shape index (κ2) is 3.25. The van der Waals surface area contributed by atoms with Gasteiger partial charge in [0.15, 0.2) is 5.13 Å². The van der Waals surface area contributed by atoms with Crippen LogP contribution in [0.3, 0.4) is 0 Å². The van der Waals surface area contributed by atoms with Crippen LogP contribution < -0.4 is 5.73 Å². The number of pyridine rings is 1. The van der Waals surface area contributed by atoms with Gasteiger partial charge in [-0.15, -0.1) is 22.7 Å². The molecule has 4 nitrogen and oxygen atoms in total. The molecule has 0 bridgehead atoms. The summed E-state index contributed by atoms with van der Waals surface area (Å²) in [7, 11) is 0. The molecule has 6 heteroatoms. The van der Waals surface area contributed by atoms with Gasteiger partial charge in [-0.1, -0.05) is 0 Å². The number of hydrogen-bond acceptors (Lipinski definition) is 6. The van der Waals surface area contributed by atoms with Gasteiger partial charge in [0.2, 0.25) is 0 Å². The van der Waals surface area contributed by atoms with Gasteiger partial charge in [-0.3, -0.25) is 4.98 Å². The second-order valence-corrected chi connectivity index (χ2v) is 4.85. The molecule has 0 saturated heterocycles. The largest absolute Gasteiger partial charge is 0.375 e. The Morgan fingerprint density at radius 1 is 1.27 bits per heavy atom. The third-order valence-corrected chi connectivity index (χ3v) is 3.66. The molecule has 2 N–H and O–H groups in total. The molecule has 0 atom stereocenters. The van der Waals surface area contributed by atoms with Gasteiger partial charge in [-0.25, -0.2) is 9.97 Å². The van der Waals surface area contributed by atoms with Crippen LogP contribution in [-0.2, 0) is 0 Å². The Kier molecular flexibility index (Phi) is 1.90. The first-order chi connectivity index (χ1) is 7.33. The number of anilines is 1. The predicted octanol–water partition coefficient (Wildman–Crippen LogP) is 2.40. The van der Waals surface area contributed by atoms with Crippen LogP contribution in [0.1, 0.15) is 0 Å². The third kappa shape index (κ3) is 1.47. The van der Waals surface area contributed by atoms with Gasteiger partial charge in [0.1, 0.15) is 16.2 Å². The van der Waals surface area contributed by atoms with E-state index in [1.165, 1.54) is 11.3 Å². The summed E-state index contributed by atoms with van der Waals surface area (Å²) in [5.74, 6) is 0. The summed E-state index contributed by atoms with van der Waals surface area (Å²) in [6.45, 7) is 0. The van der Waals surface area contributed by atoms with Crippen molar-refractivity contribution in [3.8, 4) is 10.7 Å². The maximum absolute atomic E-state index is 5.58. The predicted molar refractivity (Wildman–Crippen MR) is 62.9 cm³/mol. The summed E-state index contributed by atoms with van der Waals surface area (Å²) in [5, 5.41) is 3.38. The van der Waals surface area contributed by atoms with Crippen molar-refractivity contribution in [1.29, 1.82) is 0 Å². The molecule has 0 radical (unpaired) electrons. The fraction of sp³-hybridized carbons (Fsp3) is 0. The van der Waals surface area contributed by atoms with Crippen LogP contribution >= 0.6 is 22.7 Å². The van der Waals surface area contributed by atoms with E-state index in [1.807, 2.05) is 11.4 Å². The molecule has 3 aromatic rings. The molecule has 0 unspecified atom stereocenters. The molecule has 3 rings (SSSR count). The van der Waals surface area contributed by atoms with Crippen LogP contribution in [-0.4, -0.2) is 15.0 Å². The Morgan fingerprint density at radius 2 is 2.20 bits per heavy atom. The number of nitrogens with zero attached hydrogens (tertiary/aromatic N) is 3. The number of nitrogen functional groups attached to an aromatic ring is 1. The molecule has 0 aromatic carbocycles. The van der Waals surface area contributed by atoms with Crippen LogP contribution in [0, 0.1) is 0 Å². The number of aromatic nitrogens is 3. The summed E-state index contributed by atoms with van der Waals surface area (Å²) in [4.78, 5) is 12.7. The Labute approximate surface area is 93.4 Å². The van der Waals surface area contributed by atoms with Crippen molar-refractivity contribution in [3.63, 3.8) is 0 Å². The summed E-state index contributed by atoms with van der Waals surface area (Å²) < 4.78 is 1.12. The number of thiazole rings is 2. The normalized spacial score (nSPS) is 10.9. The van der Waals surface area contributed by atoms with E-state index in [2.05, 4.69) is 15.0 Å². The highest BCUT2D eigenvalue weighted by molar-refractivity contribution is 7.22. The molecule has 0 spiro atoms.